The van der Waals surface area contributed by atoms with E-state index < -0.39 is 45.4 Å². The molecule has 0 fully saturated rings. The number of nitrogens with one attached hydrogen (secondary N) is 1. The molecule has 0 heterocycles. The third-order valence-corrected chi connectivity index (χ3v) is 5.69. The number of nitrogens with zero attached hydrogens (tertiary/aromatic N) is 1. The molecule has 170 valence electrons. The van der Waals surface area contributed by atoms with Gasteiger partial charge in [-0.1, -0.05) is 35.3 Å². The molecule has 0 saturated carbocycles. The van der Waals surface area contributed by atoms with Crippen molar-refractivity contribution >= 4 is 44.9 Å². The Kier molecular flexibility index (Phi) is 10.00. The molecule has 0 unspecified atom stereocenters. The van der Waals surface area contributed by atoms with Gasteiger partial charge in [0.15, 0.2) is 14.7 Å². The van der Waals surface area contributed by atoms with E-state index in [9.17, 15) is 22.4 Å². The van der Waals surface area contributed by atoms with Crippen LogP contribution in [0, 0.1) is 0 Å². The summed E-state index contributed by atoms with van der Waals surface area (Å²) < 4.78 is 43.2. The third kappa shape index (κ3) is 9.16. The quantitative estimate of drug-likeness (QED) is 0.295. The van der Waals surface area contributed by atoms with E-state index in [1.54, 1.807) is 0 Å². The maximum atomic E-state index is 13.8. The topological polar surface area (TPSA) is 89.5 Å². The van der Waals surface area contributed by atoms with Gasteiger partial charge >= 0.3 is 5.97 Å². The molecule has 1 amide bonds. The summed E-state index contributed by atoms with van der Waals surface area (Å²) in [6.07, 6.45) is 0.531. The zero-order valence-electron chi connectivity index (χ0n) is 17.4. The molecule has 7 nitrogen and oxygen atoms in total. The van der Waals surface area contributed by atoms with E-state index in [0.717, 1.165) is 12.8 Å². The normalized spacial score (nSPS) is 14.3. The van der Waals surface area contributed by atoms with Crippen LogP contribution in [0.5, 0.6) is 0 Å². The summed E-state index contributed by atoms with van der Waals surface area (Å²) in [4.78, 5) is 22.8. The van der Waals surface area contributed by atoms with E-state index in [1.807, 2.05) is 21.1 Å². The van der Waals surface area contributed by atoms with Gasteiger partial charge < -0.3 is 14.5 Å². The van der Waals surface area contributed by atoms with E-state index in [2.05, 4.69) is 5.32 Å². The number of amides is 1. The van der Waals surface area contributed by atoms with Gasteiger partial charge in [-0.25, -0.2) is 12.8 Å². The van der Waals surface area contributed by atoms with E-state index in [4.69, 9.17) is 27.9 Å². The number of benzene rings is 1. The predicted octanol–water partition coefficient (Wildman–Crippen LogP) is 2.42. The maximum Gasteiger partial charge on any atom is 0.306 e. The number of carbonyl (C=O) groups excluding carboxylic acids is 2. The molecule has 0 spiro atoms. The molecule has 0 aliphatic heterocycles. The van der Waals surface area contributed by atoms with Gasteiger partial charge in [0, 0.05) is 12.7 Å². The third-order valence-electron chi connectivity index (χ3n) is 4.16. The van der Waals surface area contributed by atoms with Crippen molar-refractivity contribution in [3.8, 4) is 0 Å². The van der Waals surface area contributed by atoms with Gasteiger partial charge in [-0.2, -0.15) is 0 Å². The Labute approximate surface area is 187 Å². The van der Waals surface area contributed by atoms with Crippen LogP contribution in [-0.2, 0) is 24.2 Å². The van der Waals surface area contributed by atoms with Crippen LogP contribution in [0.15, 0.2) is 29.2 Å². The zero-order chi connectivity index (χ0) is 23.1. The molecule has 0 bridgehead atoms. The molecular formula is C19H28Cl2FN2O5S+. The van der Waals surface area contributed by atoms with E-state index >= 15 is 0 Å². The van der Waals surface area contributed by atoms with Gasteiger partial charge in [-0.15, -0.1) is 0 Å². The highest BCUT2D eigenvalue weighted by Crippen LogP contribution is 2.25. The van der Waals surface area contributed by atoms with Crippen LogP contribution in [0.3, 0.4) is 0 Å². The summed E-state index contributed by atoms with van der Waals surface area (Å²) in [7, 11) is 2.52. The van der Waals surface area contributed by atoms with E-state index in [-0.39, 0.29) is 11.3 Å². The summed E-state index contributed by atoms with van der Waals surface area (Å²) in [5, 5.41) is 2.32. The lowest BCUT2D eigenvalue weighted by Gasteiger charge is -2.27. The van der Waals surface area contributed by atoms with E-state index in [0.29, 0.717) is 16.5 Å². The summed E-state index contributed by atoms with van der Waals surface area (Å²) >= 11 is 11.0. The second kappa shape index (κ2) is 11.3. The van der Waals surface area contributed by atoms with Crippen LogP contribution >= 0.6 is 23.2 Å². The predicted molar refractivity (Wildman–Crippen MR) is 114 cm³/mol. The average Bonchev–Trinajstić information content (AvgIpc) is 2.62. The highest BCUT2D eigenvalue weighted by molar-refractivity contribution is 7.90. The van der Waals surface area contributed by atoms with Crippen LogP contribution in [0.1, 0.15) is 24.5 Å². The first-order valence-electron chi connectivity index (χ1n) is 9.19. The fourth-order valence-corrected chi connectivity index (χ4v) is 3.38. The molecule has 0 aliphatic carbocycles. The first-order chi connectivity index (χ1) is 13.7. The lowest BCUT2D eigenvalue weighted by Crippen LogP contribution is -2.44. The molecule has 30 heavy (non-hydrogen) atoms. The number of carbonyl (C=O) groups is 2. The molecule has 2 atom stereocenters. The minimum atomic E-state index is -3.44. The summed E-state index contributed by atoms with van der Waals surface area (Å²) in [5.74, 6) is -1.40. The second-order valence-corrected chi connectivity index (χ2v) is 11.1. The minimum Gasteiger partial charge on any atom is -0.455 e. The largest absolute Gasteiger partial charge is 0.455 e. The van der Waals surface area contributed by atoms with Crippen LogP contribution in [0.4, 0.5) is 4.39 Å². The number of hydrogen-bond donors (Lipinski definition) is 1. The van der Waals surface area contributed by atoms with Gasteiger partial charge in [-0.05, 0) is 17.7 Å². The van der Waals surface area contributed by atoms with Crippen molar-refractivity contribution in [2.75, 3.05) is 40.6 Å². The Morgan fingerprint density at radius 1 is 1.17 bits per heavy atom. The molecule has 1 N–H and O–H groups in total. The van der Waals surface area contributed by atoms with Crippen molar-refractivity contribution in [3.63, 3.8) is 0 Å². The van der Waals surface area contributed by atoms with Crippen LogP contribution in [0.25, 0.3) is 0 Å². The van der Waals surface area contributed by atoms with Crippen LogP contribution in [-0.4, -0.2) is 76.3 Å². The molecule has 1 aromatic rings. The van der Waals surface area contributed by atoms with Gasteiger partial charge in [0.1, 0.15) is 12.8 Å². The average molecular weight is 486 g/mol. The van der Waals surface area contributed by atoms with Gasteiger partial charge in [0.25, 0.3) is 5.91 Å². The Bertz CT molecular complexity index is 826. The maximum absolute atomic E-state index is 13.8. The zero-order valence-corrected chi connectivity index (χ0v) is 19.7. The Morgan fingerprint density at radius 3 is 2.17 bits per heavy atom. The summed E-state index contributed by atoms with van der Waals surface area (Å²) in [6.45, 7) is -0.330. The Balaban J connectivity index is 3.08. The smallest absolute Gasteiger partial charge is 0.306 e. The highest BCUT2D eigenvalue weighted by Gasteiger charge is 2.30. The molecule has 0 aromatic heterocycles. The van der Waals surface area contributed by atoms with Crippen molar-refractivity contribution in [3.05, 3.63) is 29.8 Å². The lowest BCUT2D eigenvalue weighted by molar-refractivity contribution is -0.870. The minimum absolute atomic E-state index is 0.0571. The van der Waals surface area contributed by atoms with Gasteiger partial charge in [0.2, 0.25) is 0 Å². The van der Waals surface area contributed by atoms with Crippen molar-refractivity contribution in [1.29, 1.82) is 0 Å². The number of sulfone groups is 1. The van der Waals surface area contributed by atoms with Gasteiger partial charge in [0.05, 0.1) is 45.0 Å². The summed E-state index contributed by atoms with van der Waals surface area (Å²) in [6, 6.07) is 4.23. The Hall–Kier alpha value is -1.42. The molecule has 1 rings (SSSR count). The number of esters is 1. The lowest BCUT2D eigenvalue weighted by atomic mass is 10.0. The van der Waals surface area contributed by atoms with Crippen LogP contribution < -0.4 is 5.32 Å². The number of rotatable bonds is 11. The fraction of sp³-hybridized carbons (Fsp3) is 0.579. The molecule has 1 aromatic carbocycles. The Morgan fingerprint density at radius 2 is 1.73 bits per heavy atom. The number of alkyl halides is 3. The highest BCUT2D eigenvalue weighted by atomic mass is 35.5. The van der Waals surface area contributed by atoms with Crippen molar-refractivity contribution in [2.24, 2.45) is 0 Å². The number of quaternary nitrogens is 1. The molecule has 0 saturated heterocycles. The van der Waals surface area contributed by atoms with Crippen LogP contribution in [0.2, 0.25) is 0 Å². The van der Waals surface area contributed by atoms with Crippen molar-refractivity contribution in [1.82, 2.24) is 5.32 Å². The number of halogens is 3. The fourth-order valence-electron chi connectivity index (χ4n) is 2.63. The van der Waals surface area contributed by atoms with E-state index in [1.165, 1.54) is 24.3 Å². The monoisotopic (exact) mass is 485 g/mol. The van der Waals surface area contributed by atoms with Crippen molar-refractivity contribution < 1.29 is 31.6 Å². The number of ether oxygens (including phenoxy) is 1. The SMILES string of the molecule is C[N+](C)(C)CCCC(=O)O[C@H](c1ccc(S(C)(=O)=O)cc1)[C@@H](CF)NC(=O)C(Cl)Cl. The standard InChI is InChI=1S/C19H27Cl2FN2O5S/c1-24(2,3)11-5-6-16(25)29-17(15(12-22)23-19(26)18(20)21)13-7-9-14(10-8-13)30(4,27)28/h7-10,15,17-18H,5-6,11-12H2,1-4H3/p+1/t15-,17-/m1/s1. The van der Waals surface area contributed by atoms with Crippen molar-refractivity contribution in [2.45, 2.75) is 34.7 Å². The molecular weight excluding hydrogens is 458 g/mol. The van der Waals surface area contributed by atoms with Gasteiger partial charge in [-0.3, -0.25) is 9.59 Å². The second-order valence-electron chi connectivity index (χ2n) is 7.94. The summed E-state index contributed by atoms with van der Waals surface area (Å²) in [5.41, 5.74) is 0.325. The molecule has 0 radical (unpaired) electrons. The first kappa shape index (κ1) is 26.6. The molecule has 11 heteroatoms. The molecule has 0 aliphatic rings. The number of hydrogen-bond acceptors (Lipinski definition) is 5. The first-order valence-corrected chi connectivity index (χ1v) is 12.0.